The highest BCUT2D eigenvalue weighted by atomic mass is 35.5. The van der Waals surface area contributed by atoms with Gasteiger partial charge in [-0.1, -0.05) is 35.9 Å². The Kier molecular flexibility index (Phi) is 7.93. The Morgan fingerprint density at radius 2 is 1.93 bits per heavy atom. The molecule has 1 N–H and O–H groups in total. The van der Waals surface area contributed by atoms with Crippen LogP contribution in [-0.4, -0.2) is 40.3 Å². The van der Waals surface area contributed by atoms with Crippen LogP contribution >= 0.6 is 11.6 Å². The van der Waals surface area contributed by atoms with Gasteiger partial charge in [-0.05, 0) is 56.0 Å². The van der Waals surface area contributed by atoms with Gasteiger partial charge < -0.3 is 10.1 Å². The number of halogens is 1. The minimum atomic E-state index is -3.68. The fraction of sp³-hybridized carbons (Fsp3) is 0.381. The maximum Gasteiger partial charge on any atom is 0.243 e. The lowest BCUT2D eigenvalue weighted by Gasteiger charge is -2.28. The fourth-order valence-electron chi connectivity index (χ4n) is 3.08. The SMILES string of the molecule is COc1ccccc1CCCNC(=O)C(C)N(c1ccc(C)c(Cl)c1)S(C)(=O)=O. The molecule has 0 aromatic heterocycles. The van der Waals surface area contributed by atoms with Gasteiger partial charge in [0.05, 0.1) is 19.1 Å². The van der Waals surface area contributed by atoms with Gasteiger partial charge in [0.2, 0.25) is 15.9 Å². The van der Waals surface area contributed by atoms with E-state index in [-0.39, 0.29) is 5.91 Å². The molecule has 2 aromatic rings. The van der Waals surface area contributed by atoms with Crippen molar-refractivity contribution >= 4 is 33.2 Å². The molecule has 1 unspecified atom stereocenters. The van der Waals surface area contributed by atoms with E-state index in [1.54, 1.807) is 32.2 Å². The normalized spacial score (nSPS) is 12.3. The minimum absolute atomic E-state index is 0.361. The molecule has 0 heterocycles. The lowest BCUT2D eigenvalue weighted by molar-refractivity contribution is -0.121. The van der Waals surface area contributed by atoms with E-state index in [2.05, 4.69) is 5.32 Å². The van der Waals surface area contributed by atoms with E-state index < -0.39 is 16.1 Å². The summed E-state index contributed by atoms with van der Waals surface area (Å²) in [7, 11) is -2.05. The second kappa shape index (κ2) is 9.98. The molecule has 2 rings (SSSR count). The molecule has 0 bridgehead atoms. The van der Waals surface area contributed by atoms with E-state index >= 15 is 0 Å². The maximum atomic E-state index is 12.6. The number of rotatable bonds is 9. The monoisotopic (exact) mass is 438 g/mol. The number of ether oxygens (including phenoxy) is 1. The van der Waals surface area contributed by atoms with Crippen molar-refractivity contribution in [1.82, 2.24) is 5.32 Å². The number of hydrogen-bond acceptors (Lipinski definition) is 4. The van der Waals surface area contributed by atoms with Crippen LogP contribution in [0.5, 0.6) is 5.75 Å². The Bertz CT molecular complexity index is 963. The van der Waals surface area contributed by atoms with Crippen LogP contribution in [0.2, 0.25) is 5.02 Å². The lowest BCUT2D eigenvalue weighted by atomic mass is 10.1. The molecule has 0 fully saturated rings. The molecule has 0 saturated carbocycles. The van der Waals surface area contributed by atoms with Gasteiger partial charge in [-0.2, -0.15) is 0 Å². The third-order valence-electron chi connectivity index (χ3n) is 4.61. The number of sulfonamides is 1. The van der Waals surface area contributed by atoms with Crippen LogP contribution in [0.1, 0.15) is 24.5 Å². The largest absolute Gasteiger partial charge is 0.496 e. The molecule has 1 amide bonds. The van der Waals surface area contributed by atoms with Crippen molar-refractivity contribution < 1.29 is 17.9 Å². The molecule has 1 atom stereocenters. The summed E-state index contributed by atoms with van der Waals surface area (Å²) in [5.74, 6) is 0.443. The van der Waals surface area contributed by atoms with E-state index in [9.17, 15) is 13.2 Å². The molecule has 158 valence electrons. The summed E-state index contributed by atoms with van der Waals surface area (Å²) >= 11 is 6.15. The van der Waals surface area contributed by atoms with Gasteiger partial charge in [-0.15, -0.1) is 0 Å². The average molecular weight is 439 g/mol. The van der Waals surface area contributed by atoms with Gasteiger partial charge in [0.15, 0.2) is 0 Å². The zero-order valence-corrected chi connectivity index (χ0v) is 18.7. The lowest BCUT2D eigenvalue weighted by Crippen LogP contribution is -2.48. The Balaban J connectivity index is 2.03. The molecule has 8 heteroatoms. The Labute approximate surface area is 177 Å². The van der Waals surface area contributed by atoms with Crippen molar-refractivity contribution in [2.45, 2.75) is 32.7 Å². The molecule has 6 nitrogen and oxygen atoms in total. The first kappa shape index (κ1) is 23.0. The second-order valence-electron chi connectivity index (χ2n) is 6.87. The van der Waals surface area contributed by atoms with Crippen molar-refractivity contribution in [2.24, 2.45) is 0 Å². The predicted molar refractivity (Wildman–Crippen MR) is 117 cm³/mol. The first-order chi connectivity index (χ1) is 13.6. The fourth-order valence-corrected chi connectivity index (χ4v) is 4.42. The van der Waals surface area contributed by atoms with Gasteiger partial charge in [0.1, 0.15) is 11.8 Å². The highest BCUT2D eigenvalue weighted by Gasteiger charge is 2.29. The van der Waals surface area contributed by atoms with Crippen LogP contribution < -0.4 is 14.4 Å². The average Bonchev–Trinajstić information content (AvgIpc) is 2.67. The molecule has 0 radical (unpaired) electrons. The summed E-state index contributed by atoms with van der Waals surface area (Å²) in [5.41, 5.74) is 2.25. The number of carbonyl (C=O) groups is 1. The van der Waals surface area contributed by atoms with Crippen molar-refractivity contribution in [3.8, 4) is 5.75 Å². The number of anilines is 1. The summed E-state index contributed by atoms with van der Waals surface area (Å²) < 4.78 is 31.1. The number of nitrogens with one attached hydrogen (secondary N) is 1. The van der Waals surface area contributed by atoms with Crippen LogP contribution in [0.25, 0.3) is 0 Å². The van der Waals surface area contributed by atoms with Gasteiger partial charge in [-0.3, -0.25) is 9.10 Å². The third kappa shape index (κ3) is 6.11. The quantitative estimate of drug-likeness (QED) is 0.607. The molecule has 0 aliphatic heterocycles. The Morgan fingerprint density at radius 1 is 1.24 bits per heavy atom. The molecule has 0 aliphatic carbocycles. The zero-order chi connectivity index (χ0) is 21.6. The number of methoxy groups -OCH3 is 1. The summed E-state index contributed by atoms with van der Waals surface area (Å²) in [6, 6.07) is 11.8. The first-order valence-corrected chi connectivity index (χ1v) is 11.5. The maximum absolute atomic E-state index is 12.6. The highest BCUT2D eigenvalue weighted by Crippen LogP contribution is 2.26. The highest BCUT2D eigenvalue weighted by molar-refractivity contribution is 7.92. The number of benzene rings is 2. The number of para-hydroxylation sites is 1. The molecular formula is C21H27ClN2O4S. The van der Waals surface area contributed by atoms with E-state index in [1.165, 1.54) is 0 Å². The predicted octanol–water partition coefficient (Wildman–Crippen LogP) is 3.56. The third-order valence-corrected chi connectivity index (χ3v) is 6.26. The molecule has 2 aromatic carbocycles. The van der Waals surface area contributed by atoms with Gasteiger partial charge in [0.25, 0.3) is 0 Å². The van der Waals surface area contributed by atoms with E-state index in [0.717, 1.165) is 33.9 Å². The zero-order valence-electron chi connectivity index (χ0n) is 17.1. The van der Waals surface area contributed by atoms with Gasteiger partial charge in [0, 0.05) is 11.6 Å². The molecule has 0 spiro atoms. The molecule has 0 saturated heterocycles. The molecule has 29 heavy (non-hydrogen) atoms. The van der Waals surface area contributed by atoms with Crippen molar-refractivity contribution in [3.63, 3.8) is 0 Å². The number of nitrogens with zero attached hydrogens (tertiary/aromatic N) is 1. The number of carbonyl (C=O) groups excluding carboxylic acids is 1. The molecular weight excluding hydrogens is 412 g/mol. The van der Waals surface area contributed by atoms with Gasteiger partial charge >= 0.3 is 0 Å². The van der Waals surface area contributed by atoms with E-state index in [4.69, 9.17) is 16.3 Å². The van der Waals surface area contributed by atoms with Crippen molar-refractivity contribution in [3.05, 3.63) is 58.6 Å². The summed E-state index contributed by atoms with van der Waals surface area (Å²) in [6.45, 7) is 3.81. The minimum Gasteiger partial charge on any atom is -0.496 e. The van der Waals surface area contributed by atoms with Crippen molar-refractivity contribution in [1.29, 1.82) is 0 Å². The Hall–Kier alpha value is -2.25. The number of hydrogen-bond donors (Lipinski definition) is 1. The number of amides is 1. The topological polar surface area (TPSA) is 75.7 Å². The summed E-state index contributed by atoms with van der Waals surface area (Å²) in [6.07, 6.45) is 2.52. The summed E-state index contributed by atoms with van der Waals surface area (Å²) in [4.78, 5) is 12.6. The van der Waals surface area contributed by atoms with Crippen LogP contribution in [-0.2, 0) is 21.2 Å². The van der Waals surface area contributed by atoms with Crippen LogP contribution in [0, 0.1) is 6.92 Å². The smallest absolute Gasteiger partial charge is 0.243 e. The molecule has 0 aliphatic rings. The van der Waals surface area contributed by atoms with Gasteiger partial charge in [-0.25, -0.2) is 8.42 Å². The van der Waals surface area contributed by atoms with Crippen molar-refractivity contribution in [2.75, 3.05) is 24.2 Å². The van der Waals surface area contributed by atoms with E-state index in [0.29, 0.717) is 23.7 Å². The van der Waals surface area contributed by atoms with Crippen LogP contribution in [0.3, 0.4) is 0 Å². The van der Waals surface area contributed by atoms with Crippen LogP contribution in [0.15, 0.2) is 42.5 Å². The Morgan fingerprint density at radius 3 is 2.55 bits per heavy atom. The number of aryl methyl sites for hydroxylation is 2. The summed E-state index contributed by atoms with van der Waals surface area (Å²) in [5, 5.41) is 3.26. The second-order valence-corrected chi connectivity index (χ2v) is 9.14. The van der Waals surface area contributed by atoms with Crippen LogP contribution in [0.4, 0.5) is 5.69 Å². The van der Waals surface area contributed by atoms with E-state index in [1.807, 2.05) is 31.2 Å². The first-order valence-electron chi connectivity index (χ1n) is 9.30. The standard InChI is InChI=1S/C21H27ClN2O4S/c1-15-11-12-18(14-19(15)22)24(29(4,26)27)16(2)21(25)23-13-7-9-17-8-5-6-10-20(17)28-3/h5-6,8,10-12,14,16H,7,9,13H2,1-4H3,(H,23,25).